The van der Waals surface area contributed by atoms with E-state index in [1.165, 1.54) is 37.0 Å². The van der Waals surface area contributed by atoms with Gasteiger partial charge in [-0.2, -0.15) is 0 Å². The van der Waals surface area contributed by atoms with Gasteiger partial charge in [0.2, 0.25) is 0 Å². The van der Waals surface area contributed by atoms with Crippen molar-refractivity contribution in [2.45, 2.75) is 39.0 Å². The molecule has 0 saturated carbocycles. The average Bonchev–Trinajstić information content (AvgIpc) is 2.45. The van der Waals surface area contributed by atoms with Crippen molar-refractivity contribution in [1.29, 1.82) is 0 Å². The van der Waals surface area contributed by atoms with Gasteiger partial charge in [0.1, 0.15) is 0 Å². The number of nitrogens with two attached hydrogens (primary N) is 1. The van der Waals surface area contributed by atoms with Crippen LogP contribution in [0.15, 0.2) is 5.38 Å². The Labute approximate surface area is 77.8 Å². The van der Waals surface area contributed by atoms with Crippen LogP contribution in [0.4, 0.5) is 5.13 Å². The number of nitrogen functional groups attached to an aromatic ring is 1. The number of thiazole rings is 1. The minimum Gasteiger partial charge on any atom is -0.375 e. The van der Waals surface area contributed by atoms with Crippen LogP contribution < -0.4 is 5.73 Å². The molecule has 2 N–H and O–H groups in total. The molecule has 1 rings (SSSR count). The minimum absolute atomic E-state index is 0.695. The predicted octanol–water partition coefficient (Wildman–Crippen LogP) is 2.85. The highest BCUT2D eigenvalue weighted by Gasteiger charge is 1.97. The fraction of sp³-hybridized carbons (Fsp3) is 0.667. The van der Waals surface area contributed by atoms with Crippen molar-refractivity contribution in [1.82, 2.24) is 4.98 Å². The Kier molecular flexibility index (Phi) is 4.08. The molecule has 0 amide bonds. The van der Waals surface area contributed by atoms with Crippen molar-refractivity contribution >= 4 is 16.5 Å². The molecule has 0 aliphatic carbocycles. The number of hydrogen-bond acceptors (Lipinski definition) is 3. The van der Waals surface area contributed by atoms with Gasteiger partial charge in [-0.3, -0.25) is 0 Å². The quantitative estimate of drug-likeness (QED) is 0.715. The lowest BCUT2D eigenvalue weighted by atomic mass is 10.1. The molecule has 0 spiro atoms. The summed E-state index contributed by atoms with van der Waals surface area (Å²) in [7, 11) is 0. The summed E-state index contributed by atoms with van der Waals surface area (Å²) in [6.45, 7) is 2.22. The van der Waals surface area contributed by atoms with E-state index >= 15 is 0 Å². The third kappa shape index (κ3) is 3.22. The largest absolute Gasteiger partial charge is 0.375 e. The minimum atomic E-state index is 0.695. The molecule has 0 aliphatic heterocycles. The first-order valence-corrected chi connectivity index (χ1v) is 5.40. The Morgan fingerprint density at radius 2 is 2.25 bits per heavy atom. The van der Waals surface area contributed by atoms with E-state index in [4.69, 9.17) is 5.73 Å². The highest BCUT2D eigenvalue weighted by atomic mass is 32.1. The fourth-order valence-corrected chi connectivity index (χ4v) is 1.77. The van der Waals surface area contributed by atoms with E-state index in [1.54, 1.807) is 0 Å². The number of rotatable bonds is 5. The molecule has 2 nitrogen and oxygen atoms in total. The van der Waals surface area contributed by atoms with Gasteiger partial charge in [-0.05, 0) is 12.8 Å². The van der Waals surface area contributed by atoms with Crippen molar-refractivity contribution in [3.05, 3.63) is 11.1 Å². The van der Waals surface area contributed by atoms with Crippen molar-refractivity contribution in [2.24, 2.45) is 0 Å². The molecule has 1 heterocycles. The fourth-order valence-electron chi connectivity index (χ4n) is 1.17. The van der Waals surface area contributed by atoms with Gasteiger partial charge in [-0.15, -0.1) is 11.3 Å². The zero-order valence-corrected chi connectivity index (χ0v) is 8.36. The van der Waals surface area contributed by atoms with Crippen LogP contribution in [-0.2, 0) is 6.42 Å². The molecule has 3 heteroatoms. The first kappa shape index (κ1) is 9.52. The summed E-state index contributed by atoms with van der Waals surface area (Å²) < 4.78 is 0. The second kappa shape index (κ2) is 5.14. The van der Waals surface area contributed by atoms with E-state index in [0.29, 0.717) is 5.13 Å². The van der Waals surface area contributed by atoms with Crippen LogP contribution in [0.2, 0.25) is 0 Å². The first-order chi connectivity index (χ1) is 5.83. The predicted molar refractivity (Wildman–Crippen MR) is 54.4 cm³/mol. The van der Waals surface area contributed by atoms with Gasteiger partial charge in [0.15, 0.2) is 5.13 Å². The summed E-state index contributed by atoms with van der Waals surface area (Å²) in [6, 6.07) is 0. The number of anilines is 1. The molecule has 12 heavy (non-hydrogen) atoms. The standard InChI is InChI=1S/C9H16N2S/c1-2-3-4-5-6-8-7-12-9(10)11-8/h7H,2-6H2,1H3,(H2,10,11). The highest BCUT2D eigenvalue weighted by Crippen LogP contribution is 2.13. The topological polar surface area (TPSA) is 38.9 Å². The summed E-state index contributed by atoms with van der Waals surface area (Å²) in [5.74, 6) is 0. The van der Waals surface area contributed by atoms with Crippen molar-refractivity contribution in [2.75, 3.05) is 5.73 Å². The Balaban J connectivity index is 2.15. The van der Waals surface area contributed by atoms with Crippen LogP contribution in [0.3, 0.4) is 0 Å². The van der Waals surface area contributed by atoms with Crippen LogP contribution in [0.5, 0.6) is 0 Å². The van der Waals surface area contributed by atoms with Crippen LogP contribution in [0, 0.1) is 0 Å². The molecule has 0 atom stereocenters. The molecule has 0 radical (unpaired) electrons. The van der Waals surface area contributed by atoms with E-state index in [0.717, 1.165) is 12.1 Å². The number of nitrogens with zero attached hydrogens (tertiary/aromatic N) is 1. The Bertz CT molecular complexity index is 220. The molecule has 68 valence electrons. The zero-order chi connectivity index (χ0) is 8.81. The summed E-state index contributed by atoms with van der Waals surface area (Å²) >= 11 is 1.53. The maximum atomic E-state index is 5.52. The number of aryl methyl sites for hydroxylation is 1. The van der Waals surface area contributed by atoms with Gasteiger partial charge >= 0.3 is 0 Å². The first-order valence-electron chi connectivity index (χ1n) is 4.53. The second-order valence-electron chi connectivity index (χ2n) is 2.99. The van der Waals surface area contributed by atoms with Crippen LogP contribution >= 0.6 is 11.3 Å². The zero-order valence-electron chi connectivity index (χ0n) is 7.55. The van der Waals surface area contributed by atoms with E-state index in [2.05, 4.69) is 17.3 Å². The summed E-state index contributed by atoms with van der Waals surface area (Å²) in [6.07, 6.45) is 6.28. The van der Waals surface area contributed by atoms with Crippen molar-refractivity contribution in [3.63, 3.8) is 0 Å². The molecular weight excluding hydrogens is 168 g/mol. The SMILES string of the molecule is CCCCCCc1csc(N)n1. The smallest absolute Gasteiger partial charge is 0.180 e. The van der Waals surface area contributed by atoms with Crippen molar-refractivity contribution in [3.8, 4) is 0 Å². The van der Waals surface area contributed by atoms with Crippen molar-refractivity contribution < 1.29 is 0 Å². The lowest BCUT2D eigenvalue weighted by Gasteiger charge is -1.95. The summed E-state index contributed by atoms with van der Waals surface area (Å²) in [5.41, 5.74) is 6.68. The molecule has 1 aromatic rings. The Morgan fingerprint density at radius 3 is 2.83 bits per heavy atom. The molecule has 1 aromatic heterocycles. The lowest BCUT2D eigenvalue weighted by Crippen LogP contribution is -1.87. The second-order valence-corrected chi connectivity index (χ2v) is 3.88. The van der Waals surface area contributed by atoms with Gasteiger partial charge in [0, 0.05) is 5.38 Å². The Hall–Kier alpha value is -0.570. The normalized spacial score (nSPS) is 10.4. The Morgan fingerprint density at radius 1 is 1.42 bits per heavy atom. The average molecular weight is 184 g/mol. The van der Waals surface area contributed by atoms with E-state index in [9.17, 15) is 0 Å². The molecule has 0 saturated heterocycles. The monoisotopic (exact) mass is 184 g/mol. The number of unbranched alkanes of at least 4 members (excludes halogenated alkanes) is 3. The number of aromatic nitrogens is 1. The molecular formula is C9H16N2S. The molecule has 0 aliphatic rings. The van der Waals surface area contributed by atoms with Crippen LogP contribution in [-0.4, -0.2) is 4.98 Å². The maximum Gasteiger partial charge on any atom is 0.180 e. The maximum absolute atomic E-state index is 5.52. The highest BCUT2D eigenvalue weighted by molar-refractivity contribution is 7.13. The third-order valence-corrected chi connectivity index (χ3v) is 2.58. The van der Waals surface area contributed by atoms with Crippen LogP contribution in [0.1, 0.15) is 38.3 Å². The van der Waals surface area contributed by atoms with E-state index in [1.807, 2.05) is 0 Å². The van der Waals surface area contributed by atoms with Gasteiger partial charge in [0.05, 0.1) is 5.69 Å². The molecule has 0 bridgehead atoms. The summed E-state index contributed by atoms with van der Waals surface area (Å²) in [5, 5.41) is 2.75. The third-order valence-electron chi connectivity index (χ3n) is 1.86. The van der Waals surface area contributed by atoms with Gasteiger partial charge < -0.3 is 5.73 Å². The van der Waals surface area contributed by atoms with E-state index < -0.39 is 0 Å². The number of hydrogen-bond donors (Lipinski definition) is 1. The van der Waals surface area contributed by atoms with Gasteiger partial charge in [-0.1, -0.05) is 26.2 Å². The summed E-state index contributed by atoms with van der Waals surface area (Å²) in [4.78, 5) is 4.20. The molecule has 0 unspecified atom stereocenters. The van der Waals surface area contributed by atoms with Crippen LogP contribution in [0.25, 0.3) is 0 Å². The van der Waals surface area contributed by atoms with Gasteiger partial charge in [0.25, 0.3) is 0 Å². The lowest BCUT2D eigenvalue weighted by molar-refractivity contribution is 0.662. The van der Waals surface area contributed by atoms with Gasteiger partial charge in [-0.25, -0.2) is 4.98 Å². The van der Waals surface area contributed by atoms with E-state index in [-0.39, 0.29) is 0 Å². The molecule has 0 fully saturated rings. The molecule has 0 aromatic carbocycles.